The van der Waals surface area contributed by atoms with E-state index in [-0.39, 0.29) is 0 Å². The molecule has 0 saturated carbocycles. The van der Waals surface area contributed by atoms with Gasteiger partial charge in [0.15, 0.2) is 0 Å². The fraction of sp³-hybridized carbons (Fsp3) is 0.647. The van der Waals surface area contributed by atoms with E-state index in [0.29, 0.717) is 30.1 Å². The summed E-state index contributed by atoms with van der Waals surface area (Å²) in [4.78, 5) is 0. The summed E-state index contributed by atoms with van der Waals surface area (Å²) in [6, 6.07) is 8.80. The van der Waals surface area contributed by atoms with Gasteiger partial charge in [-0.25, -0.2) is 0 Å². The quantitative estimate of drug-likeness (QED) is 0.897. The smallest absolute Gasteiger partial charge is 0.118 e. The number of ether oxygens (including phenoxy) is 2. The Bertz CT molecular complexity index is 418. The molecule has 1 aromatic carbocycles. The highest BCUT2D eigenvalue weighted by atomic mass is 16.5. The molecule has 5 unspecified atom stereocenters. The summed E-state index contributed by atoms with van der Waals surface area (Å²) in [5.74, 6) is 2.05. The van der Waals surface area contributed by atoms with E-state index in [1.807, 2.05) is 12.1 Å². The summed E-state index contributed by atoms with van der Waals surface area (Å²) in [6.45, 7) is 6.68. The first-order valence-electron chi connectivity index (χ1n) is 7.52. The van der Waals surface area contributed by atoms with Crippen LogP contribution in [0, 0.1) is 11.8 Å². The molecule has 0 amide bonds. The molecule has 1 aliphatic rings. The predicted octanol–water partition coefficient (Wildman–Crippen LogP) is 2.89. The molecule has 3 heteroatoms. The zero-order chi connectivity index (χ0) is 14.7. The zero-order valence-corrected chi connectivity index (χ0v) is 13.2. The number of hydrogen-bond donors (Lipinski definition) is 1. The van der Waals surface area contributed by atoms with Gasteiger partial charge in [-0.05, 0) is 50.9 Å². The molecule has 3 nitrogen and oxygen atoms in total. The first-order valence-corrected chi connectivity index (χ1v) is 7.52. The molecule has 1 heterocycles. The van der Waals surface area contributed by atoms with E-state index in [0.717, 1.165) is 12.2 Å². The third kappa shape index (κ3) is 3.15. The number of benzene rings is 1. The fourth-order valence-corrected chi connectivity index (χ4v) is 3.43. The number of methoxy groups -OCH3 is 1. The third-order valence-corrected chi connectivity index (χ3v) is 4.77. The van der Waals surface area contributed by atoms with Gasteiger partial charge in [0.1, 0.15) is 5.75 Å². The summed E-state index contributed by atoms with van der Waals surface area (Å²) in [5.41, 5.74) is 1.34. The number of likely N-dealkylation sites (N-methyl/N-ethyl adjacent to an activating group) is 1. The van der Waals surface area contributed by atoms with Crippen LogP contribution in [0.15, 0.2) is 24.3 Å². The van der Waals surface area contributed by atoms with Crippen LogP contribution in [-0.2, 0) is 11.2 Å². The van der Waals surface area contributed by atoms with E-state index in [1.54, 1.807) is 7.11 Å². The Kier molecular flexibility index (Phi) is 5.06. The van der Waals surface area contributed by atoms with Crippen molar-refractivity contribution in [1.82, 2.24) is 5.32 Å². The van der Waals surface area contributed by atoms with Gasteiger partial charge in [-0.2, -0.15) is 0 Å². The van der Waals surface area contributed by atoms with Crippen LogP contribution in [-0.4, -0.2) is 32.4 Å². The van der Waals surface area contributed by atoms with Crippen molar-refractivity contribution < 1.29 is 9.47 Å². The molecule has 1 aliphatic heterocycles. The van der Waals surface area contributed by atoms with Crippen molar-refractivity contribution in [3.63, 3.8) is 0 Å². The molecular weight excluding hydrogens is 250 g/mol. The molecule has 112 valence electrons. The van der Waals surface area contributed by atoms with Crippen LogP contribution in [0.3, 0.4) is 0 Å². The highest BCUT2D eigenvalue weighted by Gasteiger charge is 2.40. The van der Waals surface area contributed by atoms with Crippen molar-refractivity contribution >= 4 is 0 Å². The summed E-state index contributed by atoms with van der Waals surface area (Å²) >= 11 is 0. The average Bonchev–Trinajstić information content (AvgIpc) is 2.71. The molecule has 1 saturated heterocycles. The first kappa shape index (κ1) is 15.3. The van der Waals surface area contributed by atoms with Gasteiger partial charge in [-0.15, -0.1) is 0 Å². The first-order chi connectivity index (χ1) is 9.56. The van der Waals surface area contributed by atoms with E-state index in [9.17, 15) is 0 Å². The maximum Gasteiger partial charge on any atom is 0.118 e. The lowest BCUT2D eigenvalue weighted by Crippen LogP contribution is -2.41. The van der Waals surface area contributed by atoms with Gasteiger partial charge in [-0.1, -0.05) is 19.1 Å². The van der Waals surface area contributed by atoms with Crippen molar-refractivity contribution in [2.75, 3.05) is 14.2 Å². The number of nitrogens with one attached hydrogen (secondary N) is 1. The number of rotatable bonds is 5. The zero-order valence-electron chi connectivity index (χ0n) is 13.2. The Morgan fingerprint density at radius 2 is 1.80 bits per heavy atom. The van der Waals surface area contributed by atoms with Crippen LogP contribution in [0.25, 0.3) is 0 Å². The third-order valence-electron chi connectivity index (χ3n) is 4.77. The highest BCUT2D eigenvalue weighted by molar-refractivity contribution is 5.27. The van der Waals surface area contributed by atoms with Crippen LogP contribution in [0.1, 0.15) is 26.3 Å². The van der Waals surface area contributed by atoms with Crippen molar-refractivity contribution in [3.05, 3.63) is 29.8 Å². The van der Waals surface area contributed by atoms with E-state index >= 15 is 0 Å². The molecule has 0 spiro atoms. The van der Waals surface area contributed by atoms with Crippen LogP contribution < -0.4 is 10.1 Å². The standard InChI is InChI=1S/C17H27NO2/c1-11-12(2)20-13(3)17(11)16(18-4)10-14-6-8-15(19-5)9-7-14/h6-9,11-13,16-18H,10H2,1-5H3. The Morgan fingerprint density at radius 3 is 2.25 bits per heavy atom. The molecule has 1 aromatic rings. The lowest BCUT2D eigenvalue weighted by atomic mass is 9.81. The van der Waals surface area contributed by atoms with E-state index < -0.39 is 0 Å². The topological polar surface area (TPSA) is 30.5 Å². The fourth-order valence-electron chi connectivity index (χ4n) is 3.43. The van der Waals surface area contributed by atoms with Crippen molar-refractivity contribution in [2.24, 2.45) is 11.8 Å². The van der Waals surface area contributed by atoms with Gasteiger partial charge in [-0.3, -0.25) is 0 Å². The average molecular weight is 277 g/mol. The minimum Gasteiger partial charge on any atom is -0.497 e. The monoisotopic (exact) mass is 277 g/mol. The Labute approximate surface area is 122 Å². The van der Waals surface area contributed by atoms with Gasteiger partial charge >= 0.3 is 0 Å². The predicted molar refractivity (Wildman–Crippen MR) is 82.2 cm³/mol. The molecule has 0 radical (unpaired) electrons. The van der Waals surface area contributed by atoms with E-state index in [4.69, 9.17) is 9.47 Å². The Balaban J connectivity index is 2.08. The van der Waals surface area contributed by atoms with Crippen LogP contribution in [0.4, 0.5) is 0 Å². The van der Waals surface area contributed by atoms with Gasteiger partial charge in [0, 0.05) is 12.0 Å². The molecule has 0 aliphatic carbocycles. The minimum atomic E-state index is 0.315. The maximum atomic E-state index is 5.98. The molecule has 1 fully saturated rings. The minimum absolute atomic E-state index is 0.315. The van der Waals surface area contributed by atoms with Crippen molar-refractivity contribution in [1.29, 1.82) is 0 Å². The molecule has 2 rings (SSSR count). The molecule has 0 aromatic heterocycles. The SMILES string of the molecule is CNC(Cc1ccc(OC)cc1)C1C(C)OC(C)C1C. The van der Waals surface area contributed by atoms with Crippen LogP contribution >= 0.6 is 0 Å². The van der Waals surface area contributed by atoms with Crippen molar-refractivity contribution in [2.45, 2.75) is 45.4 Å². The molecule has 0 bridgehead atoms. The molecule has 20 heavy (non-hydrogen) atoms. The second kappa shape index (κ2) is 6.59. The lowest BCUT2D eigenvalue weighted by Gasteiger charge is -2.29. The lowest BCUT2D eigenvalue weighted by molar-refractivity contribution is 0.0479. The Morgan fingerprint density at radius 1 is 1.15 bits per heavy atom. The van der Waals surface area contributed by atoms with Crippen LogP contribution in [0.2, 0.25) is 0 Å². The van der Waals surface area contributed by atoms with Gasteiger partial charge in [0.2, 0.25) is 0 Å². The van der Waals surface area contributed by atoms with Gasteiger partial charge in [0.25, 0.3) is 0 Å². The molecular formula is C17H27NO2. The maximum absolute atomic E-state index is 5.98. The van der Waals surface area contributed by atoms with Crippen molar-refractivity contribution in [3.8, 4) is 5.75 Å². The Hall–Kier alpha value is -1.06. The largest absolute Gasteiger partial charge is 0.497 e. The second-order valence-corrected chi connectivity index (χ2v) is 5.93. The van der Waals surface area contributed by atoms with E-state index in [2.05, 4.69) is 45.3 Å². The summed E-state index contributed by atoms with van der Waals surface area (Å²) in [7, 11) is 3.75. The summed E-state index contributed by atoms with van der Waals surface area (Å²) < 4.78 is 11.2. The van der Waals surface area contributed by atoms with E-state index in [1.165, 1.54) is 5.56 Å². The highest BCUT2D eigenvalue weighted by Crippen LogP contribution is 2.35. The normalized spacial score (nSPS) is 31.2. The molecule has 1 N–H and O–H groups in total. The van der Waals surface area contributed by atoms with Gasteiger partial charge < -0.3 is 14.8 Å². The summed E-state index contributed by atoms with van der Waals surface area (Å²) in [5, 5.41) is 3.49. The molecule has 5 atom stereocenters. The number of hydrogen-bond acceptors (Lipinski definition) is 3. The summed E-state index contributed by atoms with van der Waals surface area (Å²) in [6.07, 6.45) is 1.69. The van der Waals surface area contributed by atoms with Gasteiger partial charge in [0.05, 0.1) is 19.3 Å². The second-order valence-electron chi connectivity index (χ2n) is 5.93. The van der Waals surface area contributed by atoms with Crippen LogP contribution in [0.5, 0.6) is 5.75 Å².